The average Bonchev–Trinajstić information content (AvgIpc) is 2.61. The number of thiophene rings is 1. The van der Waals surface area contributed by atoms with Crippen molar-refractivity contribution in [1.82, 2.24) is 0 Å². The maximum atomic E-state index is 13.2. The van der Waals surface area contributed by atoms with Gasteiger partial charge < -0.3 is 0 Å². The highest BCUT2D eigenvalue weighted by Crippen LogP contribution is 2.16. The molecular formula is C11H10FS+. The number of hydrogen-bond acceptors (Lipinski definition) is 1. The zero-order valence-electron chi connectivity index (χ0n) is 8.03. The first kappa shape index (κ1) is 8.45. The molecule has 0 aliphatic rings. The molecule has 2 rings (SSSR count). The summed E-state index contributed by atoms with van der Waals surface area (Å²) in [7, 11) is 0. The Morgan fingerprint density at radius 1 is 1.15 bits per heavy atom. The Bertz CT molecular complexity index is 384. The minimum Gasteiger partial charge on any atom is -0.207 e. The van der Waals surface area contributed by atoms with Crippen LogP contribution in [0.25, 0.3) is 0 Å². The first-order valence-electron chi connectivity index (χ1n) is 4.12. The van der Waals surface area contributed by atoms with Crippen molar-refractivity contribution >= 4 is 11.3 Å². The van der Waals surface area contributed by atoms with Crippen molar-refractivity contribution in [2.45, 2.75) is 6.42 Å². The zero-order valence-corrected chi connectivity index (χ0v) is 7.85. The molecule has 0 aliphatic heterocycles. The summed E-state index contributed by atoms with van der Waals surface area (Å²) in [5, 5.41) is 2.01. The molecule has 2 heteroatoms. The van der Waals surface area contributed by atoms with Gasteiger partial charge in [-0.3, -0.25) is 0 Å². The molecule has 0 spiro atoms. The van der Waals surface area contributed by atoms with Crippen LogP contribution >= 0.6 is 11.3 Å². The fourth-order valence-electron chi connectivity index (χ4n) is 1.24. The molecule has 66 valence electrons. The van der Waals surface area contributed by atoms with Crippen LogP contribution < -0.4 is 0 Å². The molecule has 1 aromatic heterocycles. The Morgan fingerprint density at radius 2 is 2.00 bits per heavy atom. The third-order valence-electron chi connectivity index (χ3n) is 1.90. The van der Waals surface area contributed by atoms with E-state index in [9.17, 15) is 4.39 Å². The molecule has 0 unspecified atom stereocenters. The van der Waals surface area contributed by atoms with Crippen LogP contribution in [-0.2, 0) is 6.42 Å². The van der Waals surface area contributed by atoms with Crippen molar-refractivity contribution in [2.75, 3.05) is 0 Å². The van der Waals surface area contributed by atoms with Gasteiger partial charge in [0.25, 0.3) is 0 Å². The molecule has 0 aliphatic carbocycles. The minimum absolute atomic E-state index is 0. The fourth-order valence-corrected chi connectivity index (χ4v) is 1.97. The predicted octanol–water partition coefficient (Wildman–Crippen LogP) is 3.59. The highest BCUT2D eigenvalue weighted by molar-refractivity contribution is 7.09. The second kappa shape index (κ2) is 3.71. The molecule has 0 atom stereocenters. The summed E-state index contributed by atoms with van der Waals surface area (Å²) in [6.07, 6.45) is 0.699. The number of hydrogen-bond donors (Lipinski definition) is 0. The van der Waals surface area contributed by atoms with Gasteiger partial charge in [0.1, 0.15) is 5.82 Å². The predicted molar refractivity (Wildman–Crippen MR) is 54.6 cm³/mol. The van der Waals surface area contributed by atoms with Gasteiger partial charge in [-0.05, 0) is 23.1 Å². The van der Waals surface area contributed by atoms with Crippen LogP contribution in [0.3, 0.4) is 0 Å². The maximum Gasteiger partial charge on any atom is 1.00 e. The molecule has 1 aromatic carbocycles. The second-order valence-electron chi connectivity index (χ2n) is 2.85. The van der Waals surface area contributed by atoms with Crippen LogP contribution in [0.1, 0.15) is 11.9 Å². The van der Waals surface area contributed by atoms with E-state index in [1.165, 1.54) is 10.9 Å². The summed E-state index contributed by atoms with van der Waals surface area (Å²) in [5.74, 6) is -0.115. The molecule has 1 heterocycles. The van der Waals surface area contributed by atoms with E-state index >= 15 is 0 Å². The van der Waals surface area contributed by atoms with Gasteiger partial charge in [0.2, 0.25) is 0 Å². The van der Waals surface area contributed by atoms with Crippen molar-refractivity contribution in [2.24, 2.45) is 0 Å². The lowest BCUT2D eigenvalue weighted by molar-refractivity contribution is 0.614. The van der Waals surface area contributed by atoms with Crippen LogP contribution in [0, 0.1) is 5.82 Å². The number of halogens is 1. The van der Waals surface area contributed by atoms with Gasteiger partial charge in [0.05, 0.1) is 0 Å². The summed E-state index contributed by atoms with van der Waals surface area (Å²) in [6, 6.07) is 10.9. The van der Waals surface area contributed by atoms with E-state index in [4.69, 9.17) is 0 Å². The van der Waals surface area contributed by atoms with Crippen LogP contribution in [0.2, 0.25) is 0 Å². The van der Waals surface area contributed by atoms with E-state index in [0.717, 1.165) is 5.56 Å². The summed E-state index contributed by atoms with van der Waals surface area (Å²) in [4.78, 5) is 1.20. The standard InChI is InChI=1S/C11H9FS/c12-11-6-2-1-4-9(11)8-10-5-3-7-13-10/h1-7H,8H2/p+1. The lowest BCUT2D eigenvalue weighted by Gasteiger charge is -1.99. The molecule has 13 heavy (non-hydrogen) atoms. The molecular weight excluding hydrogens is 183 g/mol. The van der Waals surface area contributed by atoms with E-state index in [1.54, 1.807) is 17.4 Å². The molecule has 0 amide bonds. The minimum atomic E-state index is -0.115. The Labute approximate surface area is 82.1 Å². The molecule has 0 saturated carbocycles. The SMILES string of the molecule is Fc1ccccc1Cc1cccs1.[H+]. The van der Waals surface area contributed by atoms with Crippen molar-refractivity contribution < 1.29 is 5.82 Å². The lowest BCUT2D eigenvalue weighted by atomic mass is 10.1. The Morgan fingerprint density at radius 3 is 2.69 bits per heavy atom. The van der Waals surface area contributed by atoms with E-state index in [-0.39, 0.29) is 7.24 Å². The van der Waals surface area contributed by atoms with Crippen LogP contribution in [0.4, 0.5) is 4.39 Å². The molecule has 0 N–H and O–H groups in total. The molecule has 0 saturated heterocycles. The largest absolute Gasteiger partial charge is 1.00 e. The lowest BCUT2D eigenvalue weighted by Crippen LogP contribution is -1.88. The Balaban J connectivity index is 0.000000980. The van der Waals surface area contributed by atoms with Gasteiger partial charge in [-0.1, -0.05) is 24.3 Å². The van der Waals surface area contributed by atoms with Crippen LogP contribution in [-0.4, -0.2) is 0 Å². The maximum absolute atomic E-state index is 13.2. The average molecular weight is 193 g/mol. The van der Waals surface area contributed by atoms with Gasteiger partial charge in [0.15, 0.2) is 0 Å². The monoisotopic (exact) mass is 193 g/mol. The summed E-state index contributed by atoms with van der Waals surface area (Å²) in [5.41, 5.74) is 0.768. The summed E-state index contributed by atoms with van der Waals surface area (Å²) in [6.45, 7) is 0. The van der Waals surface area contributed by atoms with Crippen molar-refractivity contribution in [3.05, 3.63) is 58.0 Å². The first-order chi connectivity index (χ1) is 6.36. The van der Waals surface area contributed by atoms with Gasteiger partial charge >= 0.3 is 1.43 Å². The normalized spacial score (nSPS) is 10.2. The van der Waals surface area contributed by atoms with E-state index in [2.05, 4.69) is 0 Å². The third-order valence-corrected chi connectivity index (χ3v) is 2.78. The van der Waals surface area contributed by atoms with Gasteiger partial charge in [-0.25, -0.2) is 4.39 Å². The second-order valence-corrected chi connectivity index (χ2v) is 3.88. The zero-order chi connectivity index (χ0) is 9.10. The Kier molecular flexibility index (Phi) is 2.41. The van der Waals surface area contributed by atoms with Crippen LogP contribution in [0.15, 0.2) is 41.8 Å². The summed E-state index contributed by atoms with van der Waals surface area (Å²) < 4.78 is 13.2. The smallest absolute Gasteiger partial charge is 0.207 e. The quantitative estimate of drug-likeness (QED) is 0.683. The number of benzene rings is 1. The van der Waals surface area contributed by atoms with Crippen molar-refractivity contribution in [3.8, 4) is 0 Å². The van der Waals surface area contributed by atoms with Gasteiger partial charge in [-0.15, -0.1) is 11.3 Å². The molecule has 2 aromatic rings. The van der Waals surface area contributed by atoms with Crippen molar-refractivity contribution in [3.63, 3.8) is 0 Å². The molecule has 0 nitrogen and oxygen atoms in total. The third kappa shape index (κ3) is 1.95. The Hall–Kier alpha value is -1.15. The van der Waals surface area contributed by atoms with Gasteiger partial charge in [-0.2, -0.15) is 0 Å². The highest BCUT2D eigenvalue weighted by atomic mass is 32.1. The van der Waals surface area contributed by atoms with E-state index < -0.39 is 0 Å². The van der Waals surface area contributed by atoms with E-state index in [1.807, 2.05) is 29.6 Å². The summed E-state index contributed by atoms with van der Waals surface area (Å²) >= 11 is 1.66. The molecule has 0 bridgehead atoms. The van der Waals surface area contributed by atoms with Crippen LogP contribution in [0.5, 0.6) is 0 Å². The van der Waals surface area contributed by atoms with Crippen molar-refractivity contribution in [1.29, 1.82) is 0 Å². The molecule has 0 fully saturated rings. The highest BCUT2D eigenvalue weighted by Gasteiger charge is 2.01. The topological polar surface area (TPSA) is 0 Å². The fraction of sp³-hybridized carbons (Fsp3) is 0.0909. The van der Waals surface area contributed by atoms with Gasteiger partial charge in [0, 0.05) is 11.3 Å². The molecule has 0 radical (unpaired) electrons. The number of rotatable bonds is 2. The first-order valence-corrected chi connectivity index (χ1v) is 5.00. The van der Waals surface area contributed by atoms with E-state index in [0.29, 0.717) is 6.42 Å².